The summed E-state index contributed by atoms with van der Waals surface area (Å²) in [5.74, 6) is 0. The number of benzene rings is 2. The van der Waals surface area contributed by atoms with E-state index in [1.807, 2.05) is 0 Å². The molecule has 0 saturated carbocycles. The Kier molecular flexibility index (Phi) is 5.38. The monoisotopic (exact) mass is 396 g/mol. The highest BCUT2D eigenvalue weighted by Gasteiger charge is 2.41. The van der Waals surface area contributed by atoms with E-state index in [-0.39, 0.29) is 0 Å². The molecule has 3 aromatic rings. The van der Waals surface area contributed by atoms with Crippen LogP contribution in [-0.4, -0.2) is 25.6 Å². The normalized spacial score (nSPS) is 12.6. The second kappa shape index (κ2) is 7.26. The summed E-state index contributed by atoms with van der Waals surface area (Å²) in [4.78, 5) is 0.685. The Morgan fingerprint density at radius 1 is 0.615 bits per heavy atom. The van der Waals surface area contributed by atoms with Gasteiger partial charge in [0.2, 0.25) is 0 Å². The van der Waals surface area contributed by atoms with Gasteiger partial charge >= 0.3 is 0 Å². The molecule has 0 bridgehead atoms. The molecule has 136 valence electrons. The van der Waals surface area contributed by atoms with E-state index in [9.17, 15) is 0 Å². The van der Waals surface area contributed by atoms with Crippen LogP contribution in [0, 0.1) is 0 Å². The maximum absolute atomic E-state index is 5.30. The van der Waals surface area contributed by atoms with Crippen LogP contribution in [-0.2, 0) is 0 Å². The molecule has 1 heterocycles. The fourth-order valence-electron chi connectivity index (χ4n) is 4.01. The van der Waals surface area contributed by atoms with Crippen molar-refractivity contribution in [2.24, 2.45) is 0 Å². The van der Waals surface area contributed by atoms with Crippen molar-refractivity contribution in [1.82, 2.24) is 9.49 Å². The standard InChI is InChI=1S/C21H29N2PSi2/c1-25(2,3)21(26(4,5)6)24-22-19(17-13-9-7-10-14-17)20(23-24)18-15-11-8-12-16-18/h7-16,21H,1-6H3. The summed E-state index contributed by atoms with van der Waals surface area (Å²) in [7, 11) is -3.45. The van der Waals surface area contributed by atoms with E-state index in [4.69, 9.17) is 9.49 Å². The fraction of sp³-hybridized carbons (Fsp3) is 0.333. The van der Waals surface area contributed by atoms with Crippen molar-refractivity contribution in [3.05, 3.63) is 60.7 Å². The van der Waals surface area contributed by atoms with Gasteiger partial charge in [0.15, 0.2) is 0 Å². The van der Waals surface area contributed by atoms with Crippen molar-refractivity contribution in [1.29, 1.82) is 0 Å². The molecule has 0 saturated heterocycles. The van der Waals surface area contributed by atoms with Gasteiger partial charge in [0.25, 0.3) is 0 Å². The van der Waals surface area contributed by atoms with Crippen LogP contribution in [0.15, 0.2) is 60.7 Å². The molecule has 0 aliphatic heterocycles. The molecule has 0 aliphatic carbocycles. The smallest absolute Gasteiger partial charge is 0.103 e. The molecule has 0 N–H and O–H groups in total. The molecule has 3 rings (SSSR count). The molecule has 0 amide bonds. The van der Waals surface area contributed by atoms with E-state index in [0.717, 1.165) is 11.4 Å². The number of rotatable bonds is 5. The summed E-state index contributed by atoms with van der Waals surface area (Å²) in [5.41, 5.74) is 4.55. The number of aromatic nitrogens is 2. The van der Waals surface area contributed by atoms with E-state index in [1.54, 1.807) is 0 Å². The number of hydrogen-bond donors (Lipinski definition) is 0. The molecule has 2 aromatic carbocycles. The first-order valence-corrected chi connectivity index (χ1v) is 17.7. The lowest BCUT2D eigenvalue weighted by Crippen LogP contribution is -2.43. The summed E-state index contributed by atoms with van der Waals surface area (Å²) in [6, 6.07) is 21.1. The Bertz CT molecular complexity index is 792. The van der Waals surface area contributed by atoms with Crippen molar-refractivity contribution in [2.75, 3.05) is 0 Å². The average molecular weight is 397 g/mol. The van der Waals surface area contributed by atoms with Crippen molar-refractivity contribution >= 4 is 24.0 Å². The summed E-state index contributed by atoms with van der Waals surface area (Å²) in [6.45, 7) is 15.0. The van der Waals surface area contributed by atoms with Crippen LogP contribution < -0.4 is 0 Å². The van der Waals surface area contributed by atoms with Gasteiger partial charge in [-0.3, -0.25) is 0 Å². The third-order valence-corrected chi connectivity index (χ3v) is 20.4. The highest BCUT2D eigenvalue weighted by molar-refractivity contribution is 7.51. The van der Waals surface area contributed by atoms with E-state index >= 15 is 0 Å². The van der Waals surface area contributed by atoms with Gasteiger partial charge in [0.05, 0.1) is 24.0 Å². The summed E-state index contributed by atoms with van der Waals surface area (Å²) in [5, 5.41) is 0. The lowest BCUT2D eigenvalue weighted by Gasteiger charge is -2.36. The average Bonchev–Trinajstić information content (AvgIpc) is 2.98. The molecule has 1 aromatic heterocycles. The summed E-state index contributed by atoms with van der Waals surface area (Å²) < 4.78 is 10.6. The second-order valence-corrected chi connectivity index (χ2v) is 22.8. The van der Waals surface area contributed by atoms with Crippen molar-refractivity contribution in [2.45, 2.75) is 44.2 Å². The third kappa shape index (κ3) is 4.08. The molecule has 2 nitrogen and oxygen atoms in total. The minimum atomic E-state index is -1.37. The number of hydrogen-bond acceptors (Lipinski definition) is 2. The lowest BCUT2D eigenvalue weighted by molar-refractivity contribution is 1.36. The van der Waals surface area contributed by atoms with Crippen LogP contribution in [0.1, 0.15) is 4.91 Å². The van der Waals surface area contributed by atoms with Gasteiger partial charge in [0, 0.05) is 16.0 Å². The van der Waals surface area contributed by atoms with Crippen molar-refractivity contribution in [3.63, 3.8) is 0 Å². The quantitative estimate of drug-likeness (QED) is 0.430. The molecule has 0 spiro atoms. The highest BCUT2D eigenvalue weighted by atomic mass is 31.1. The predicted molar refractivity (Wildman–Crippen MR) is 121 cm³/mol. The van der Waals surface area contributed by atoms with Crippen LogP contribution in [0.2, 0.25) is 39.3 Å². The Hall–Kier alpha value is -1.49. The van der Waals surface area contributed by atoms with Gasteiger partial charge < -0.3 is 0 Å². The van der Waals surface area contributed by atoms with Gasteiger partial charge in [-0.05, 0) is 0 Å². The fourth-order valence-corrected chi connectivity index (χ4v) is 21.7. The van der Waals surface area contributed by atoms with Crippen LogP contribution in [0.3, 0.4) is 0 Å². The molecule has 0 unspecified atom stereocenters. The van der Waals surface area contributed by atoms with Gasteiger partial charge in [-0.2, -0.15) is 0 Å². The van der Waals surface area contributed by atoms with Crippen LogP contribution in [0.5, 0.6) is 0 Å². The number of nitrogens with zero attached hydrogens (tertiary/aromatic N) is 2. The minimum Gasteiger partial charge on any atom is -0.216 e. The van der Waals surface area contributed by atoms with Crippen molar-refractivity contribution < 1.29 is 0 Å². The molecular weight excluding hydrogens is 367 g/mol. The third-order valence-electron chi connectivity index (χ3n) is 4.60. The largest absolute Gasteiger partial charge is 0.216 e. The van der Waals surface area contributed by atoms with E-state index in [1.165, 1.54) is 11.1 Å². The predicted octanol–water partition coefficient (Wildman–Crippen LogP) is 7.09. The molecule has 5 heteroatoms. The topological polar surface area (TPSA) is 25.8 Å². The zero-order chi connectivity index (χ0) is 18.9. The summed E-state index contributed by atoms with van der Waals surface area (Å²) in [6.07, 6.45) is 0. The maximum Gasteiger partial charge on any atom is 0.103 e. The first-order valence-electron chi connectivity index (χ1n) is 9.25. The van der Waals surface area contributed by atoms with Gasteiger partial charge in [0.1, 0.15) is 11.4 Å². The van der Waals surface area contributed by atoms with E-state index in [2.05, 4.69) is 99.9 Å². The summed E-state index contributed by atoms with van der Waals surface area (Å²) >= 11 is 0. The Balaban J connectivity index is 2.22. The molecule has 0 radical (unpaired) electrons. The first kappa shape index (κ1) is 19.3. The van der Waals surface area contributed by atoms with Gasteiger partial charge in [-0.1, -0.05) is 99.9 Å². The molecule has 26 heavy (non-hydrogen) atoms. The molecule has 0 atom stereocenters. The Morgan fingerprint density at radius 3 is 1.27 bits per heavy atom. The lowest BCUT2D eigenvalue weighted by atomic mass is 10.1. The van der Waals surface area contributed by atoms with Gasteiger partial charge in [-0.25, -0.2) is 9.49 Å². The molecular formula is C21H29N2PSi2. The SMILES string of the molecule is C[Si](C)(C)C(p1nc(-c2ccccc2)c(-c2ccccc2)n1)[Si](C)(C)C. The van der Waals surface area contributed by atoms with Gasteiger partial charge in [-0.15, -0.1) is 0 Å². The van der Waals surface area contributed by atoms with Crippen LogP contribution in [0.4, 0.5) is 0 Å². The first-order chi connectivity index (χ1) is 12.2. The van der Waals surface area contributed by atoms with Crippen molar-refractivity contribution in [3.8, 4) is 22.5 Å². The van der Waals surface area contributed by atoms with Crippen LogP contribution in [0.25, 0.3) is 22.5 Å². The van der Waals surface area contributed by atoms with E-state index in [0.29, 0.717) is 4.91 Å². The molecule has 0 aliphatic rings. The Morgan fingerprint density at radius 2 is 0.962 bits per heavy atom. The van der Waals surface area contributed by atoms with E-state index < -0.39 is 24.0 Å². The maximum atomic E-state index is 5.30. The second-order valence-electron chi connectivity index (χ2n) is 9.08. The molecule has 0 fully saturated rings. The highest BCUT2D eigenvalue weighted by Crippen LogP contribution is 2.50. The zero-order valence-corrected chi connectivity index (χ0v) is 19.6. The Labute approximate surface area is 160 Å². The zero-order valence-electron chi connectivity index (χ0n) is 16.7. The van der Waals surface area contributed by atoms with Crippen LogP contribution >= 0.6 is 7.85 Å². The minimum absolute atomic E-state index is 0.685.